The second kappa shape index (κ2) is 4.72. The van der Waals surface area contributed by atoms with Gasteiger partial charge in [0.2, 0.25) is 0 Å². The number of halogens is 1. The number of nitrogens with zero attached hydrogens (tertiary/aromatic N) is 3. The zero-order chi connectivity index (χ0) is 13.7. The number of H-pyrrole nitrogens is 1. The third-order valence-corrected chi connectivity index (χ3v) is 3.36. The summed E-state index contributed by atoms with van der Waals surface area (Å²) in [6.07, 6.45) is 0. The Morgan fingerprint density at radius 3 is 2.45 bits per heavy atom. The first-order chi connectivity index (χ1) is 8.97. The van der Waals surface area contributed by atoms with Crippen LogP contribution in [0.5, 0.6) is 0 Å². The van der Waals surface area contributed by atoms with Gasteiger partial charge in [0.15, 0.2) is 11.5 Å². The van der Waals surface area contributed by atoms with Crippen molar-refractivity contribution < 1.29 is 0 Å². The molecule has 104 valence electrons. The molecule has 2 aliphatic rings. The van der Waals surface area contributed by atoms with Crippen LogP contribution < -0.4 is 11.2 Å². The van der Waals surface area contributed by atoms with Crippen LogP contribution in [0.1, 0.15) is 11.1 Å². The first-order valence-electron chi connectivity index (χ1n) is 5.85. The molecule has 6 nitrogen and oxygen atoms in total. The van der Waals surface area contributed by atoms with Gasteiger partial charge in [-0.1, -0.05) is 0 Å². The molecule has 0 saturated carbocycles. The van der Waals surface area contributed by atoms with Crippen molar-refractivity contribution in [1.29, 1.82) is 0 Å². The zero-order valence-electron chi connectivity index (χ0n) is 11.2. The fourth-order valence-corrected chi connectivity index (χ4v) is 2.15. The van der Waals surface area contributed by atoms with Crippen molar-refractivity contribution >= 4 is 23.4 Å². The summed E-state index contributed by atoms with van der Waals surface area (Å²) in [4.78, 5) is 33.4. The van der Waals surface area contributed by atoms with Crippen LogP contribution >= 0.6 is 12.4 Å². The summed E-state index contributed by atoms with van der Waals surface area (Å²) in [6, 6.07) is 3.90. The van der Waals surface area contributed by atoms with Crippen molar-refractivity contribution in [2.75, 3.05) is 0 Å². The van der Waals surface area contributed by atoms with Gasteiger partial charge in [-0.3, -0.25) is 9.78 Å². The SMILES string of the molecule is Cc1cc2nc3c(=O)[nH]c(=O)nc-3n(C)c2cc1C.Cl. The van der Waals surface area contributed by atoms with E-state index in [0.717, 1.165) is 16.6 Å². The van der Waals surface area contributed by atoms with Gasteiger partial charge in [0, 0.05) is 7.05 Å². The normalized spacial score (nSPS) is 10.8. The van der Waals surface area contributed by atoms with Gasteiger partial charge in [0.25, 0.3) is 5.56 Å². The number of aryl methyl sites for hydroxylation is 3. The highest BCUT2D eigenvalue weighted by molar-refractivity contribution is 5.85. The Hall–Kier alpha value is -2.21. The van der Waals surface area contributed by atoms with Crippen LogP contribution in [0.2, 0.25) is 0 Å². The van der Waals surface area contributed by atoms with Crippen LogP contribution in [0, 0.1) is 13.8 Å². The molecule has 0 saturated heterocycles. The third kappa shape index (κ3) is 1.98. The first kappa shape index (κ1) is 14.2. The molecule has 2 aliphatic heterocycles. The minimum Gasteiger partial charge on any atom is -0.325 e. The van der Waals surface area contributed by atoms with Crippen LogP contribution in [0.4, 0.5) is 0 Å². The van der Waals surface area contributed by atoms with E-state index in [1.54, 1.807) is 11.6 Å². The molecule has 7 heteroatoms. The van der Waals surface area contributed by atoms with Gasteiger partial charge < -0.3 is 4.57 Å². The third-order valence-electron chi connectivity index (χ3n) is 3.36. The van der Waals surface area contributed by atoms with Gasteiger partial charge in [-0.2, -0.15) is 4.98 Å². The number of benzene rings is 1. The van der Waals surface area contributed by atoms with Gasteiger partial charge in [-0.15, -0.1) is 12.4 Å². The molecule has 1 N–H and O–H groups in total. The molecule has 2 heterocycles. The van der Waals surface area contributed by atoms with Gasteiger partial charge >= 0.3 is 5.69 Å². The van der Waals surface area contributed by atoms with Crippen molar-refractivity contribution in [2.24, 2.45) is 7.05 Å². The average molecular weight is 293 g/mol. The minimum absolute atomic E-state index is 0. The van der Waals surface area contributed by atoms with Crippen LogP contribution in [0.15, 0.2) is 21.7 Å². The van der Waals surface area contributed by atoms with Crippen LogP contribution in [-0.2, 0) is 7.05 Å². The highest BCUT2D eigenvalue weighted by atomic mass is 35.5. The van der Waals surface area contributed by atoms with Crippen molar-refractivity contribution in [2.45, 2.75) is 13.8 Å². The maximum atomic E-state index is 11.8. The van der Waals surface area contributed by atoms with E-state index < -0.39 is 11.2 Å². The topological polar surface area (TPSA) is 80.6 Å². The lowest BCUT2D eigenvalue weighted by molar-refractivity contribution is 0.870. The summed E-state index contributed by atoms with van der Waals surface area (Å²) in [5.41, 5.74) is 2.79. The molecule has 0 amide bonds. The summed E-state index contributed by atoms with van der Waals surface area (Å²) in [7, 11) is 1.77. The number of aromatic amines is 1. The number of fused-ring (bicyclic) bond motifs is 2. The van der Waals surface area contributed by atoms with Gasteiger partial charge in [-0.25, -0.2) is 9.78 Å². The lowest BCUT2D eigenvalue weighted by Gasteiger charge is -2.13. The molecule has 20 heavy (non-hydrogen) atoms. The Morgan fingerprint density at radius 1 is 1.10 bits per heavy atom. The Labute approximate surface area is 120 Å². The molecule has 0 fully saturated rings. The number of hydrogen-bond acceptors (Lipinski definition) is 4. The fraction of sp³-hybridized carbons (Fsp3) is 0.231. The molecule has 3 rings (SSSR count). The van der Waals surface area contributed by atoms with Crippen LogP contribution in [-0.4, -0.2) is 19.5 Å². The summed E-state index contributed by atoms with van der Waals surface area (Å²) >= 11 is 0. The standard InChI is InChI=1S/C13H12N4O2.ClH/c1-6-4-8-9(5-7(6)2)17(3)11-10(14-8)12(18)16-13(19)15-11;/h4-5H,1-3H3,(H,16,18,19);1H. The van der Waals surface area contributed by atoms with E-state index in [-0.39, 0.29) is 18.1 Å². The predicted molar refractivity (Wildman–Crippen MR) is 78.7 cm³/mol. The zero-order valence-corrected chi connectivity index (χ0v) is 12.0. The van der Waals surface area contributed by atoms with Gasteiger partial charge in [-0.05, 0) is 37.1 Å². The van der Waals surface area contributed by atoms with E-state index in [4.69, 9.17) is 0 Å². The van der Waals surface area contributed by atoms with Gasteiger partial charge in [0.05, 0.1) is 11.0 Å². The molecule has 0 aromatic heterocycles. The molecule has 0 radical (unpaired) electrons. The van der Waals surface area contributed by atoms with Crippen LogP contribution in [0.3, 0.4) is 0 Å². The highest BCUT2D eigenvalue weighted by Crippen LogP contribution is 2.22. The molecule has 0 bridgehead atoms. The number of nitrogens with one attached hydrogen (secondary N) is 1. The minimum atomic E-state index is -0.655. The number of aromatic nitrogens is 4. The van der Waals surface area contributed by atoms with E-state index in [0.29, 0.717) is 11.3 Å². The Bertz CT molecular complexity index is 897. The number of hydrogen-bond donors (Lipinski definition) is 1. The maximum Gasteiger partial charge on any atom is 0.349 e. The molecular formula is C13H13ClN4O2. The molecular weight excluding hydrogens is 280 g/mol. The lowest BCUT2D eigenvalue weighted by atomic mass is 10.1. The van der Waals surface area contributed by atoms with Crippen molar-refractivity contribution in [3.8, 4) is 11.5 Å². The monoisotopic (exact) mass is 292 g/mol. The Morgan fingerprint density at radius 2 is 1.75 bits per heavy atom. The molecule has 0 unspecified atom stereocenters. The predicted octanol–water partition coefficient (Wildman–Crippen LogP) is 1.16. The maximum absolute atomic E-state index is 11.8. The van der Waals surface area contributed by atoms with E-state index >= 15 is 0 Å². The van der Waals surface area contributed by atoms with E-state index in [1.165, 1.54) is 0 Å². The van der Waals surface area contributed by atoms with Crippen LogP contribution in [0.25, 0.3) is 22.6 Å². The largest absolute Gasteiger partial charge is 0.349 e. The summed E-state index contributed by atoms with van der Waals surface area (Å²) in [6.45, 7) is 3.99. The second-order valence-corrected chi connectivity index (χ2v) is 4.64. The molecule has 0 atom stereocenters. The molecule has 1 aromatic rings. The summed E-state index contributed by atoms with van der Waals surface area (Å²) in [5, 5.41) is 0. The van der Waals surface area contributed by atoms with Gasteiger partial charge in [0.1, 0.15) is 0 Å². The first-order valence-corrected chi connectivity index (χ1v) is 5.85. The molecule has 1 aromatic carbocycles. The van der Waals surface area contributed by atoms with E-state index in [2.05, 4.69) is 15.0 Å². The van der Waals surface area contributed by atoms with Crippen molar-refractivity contribution in [1.82, 2.24) is 19.5 Å². The average Bonchev–Trinajstić information content (AvgIpc) is 2.34. The van der Waals surface area contributed by atoms with E-state index in [9.17, 15) is 9.59 Å². The smallest absolute Gasteiger partial charge is 0.325 e. The summed E-state index contributed by atoms with van der Waals surface area (Å²) in [5.74, 6) is 0.296. The quantitative estimate of drug-likeness (QED) is 0.631. The van der Waals surface area contributed by atoms with Crippen molar-refractivity contribution in [3.05, 3.63) is 44.1 Å². The Kier molecular flexibility index (Phi) is 3.35. The summed E-state index contributed by atoms with van der Waals surface area (Å²) < 4.78 is 1.72. The fourth-order valence-electron chi connectivity index (χ4n) is 2.15. The number of rotatable bonds is 0. The van der Waals surface area contributed by atoms with Crippen molar-refractivity contribution in [3.63, 3.8) is 0 Å². The lowest BCUT2D eigenvalue weighted by Crippen LogP contribution is -2.28. The highest BCUT2D eigenvalue weighted by Gasteiger charge is 2.16. The Balaban J connectivity index is 0.00000147. The molecule has 0 aliphatic carbocycles. The second-order valence-electron chi connectivity index (χ2n) is 4.64. The van der Waals surface area contributed by atoms with E-state index in [1.807, 2.05) is 26.0 Å². The molecule has 0 spiro atoms.